The molecule has 0 unspecified atom stereocenters. The average Bonchev–Trinajstić information content (AvgIpc) is 2.31. The zero-order chi connectivity index (χ0) is 13.2. The second-order valence-electron chi connectivity index (χ2n) is 4.04. The number of anilines is 1. The van der Waals surface area contributed by atoms with Crippen molar-refractivity contribution < 1.29 is 13.5 Å². The summed E-state index contributed by atoms with van der Waals surface area (Å²) in [6, 6.07) is 6.76. The van der Waals surface area contributed by atoms with E-state index in [2.05, 4.69) is 0 Å². The van der Waals surface area contributed by atoms with Gasteiger partial charge in [-0.25, -0.2) is 0 Å². The largest absolute Gasteiger partial charge is 0.395 e. The first-order valence-corrected chi connectivity index (χ1v) is 7.47. The number of rotatable bonds is 3. The molecule has 2 rings (SSSR count). The number of nitrogens with zero attached hydrogens (tertiary/aromatic N) is 2. The number of halogens is 1. The fourth-order valence-corrected chi connectivity index (χ4v) is 3.87. The minimum absolute atomic E-state index is 0.124. The van der Waals surface area contributed by atoms with E-state index in [0.717, 1.165) is 6.42 Å². The van der Waals surface area contributed by atoms with Crippen molar-refractivity contribution >= 4 is 27.5 Å². The van der Waals surface area contributed by atoms with Gasteiger partial charge in [0.2, 0.25) is 0 Å². The Hall–Kier alpha value is -0.820. The first kappa shape index (κ1) is 13.6. The van der Waals surface area contributed by atoms with Crippen molar-refractivity contribution in [3.63, 3.8) is 0 Å². The molecule has 0 saturated carbocycles. The maximum absolute atomic E-state index is 12.3. The monoisotopic (exact) mass is 290 g/mol. The fraction of sp³-hybridized carbons (Fsp3) is 0.455. The Morgan fingerprint density at radius 2 is 2.11 bits per heavy atom. The Morgan fingerprint density at radius 1 is 1.33 bits per heavy atom. The van der Waals surface area contributed by atoms with Gasteiger partial charge >= 0.3 is 10.2 Å². The second-order valence-corrected chi connectivity index (χ2v) is 6.33. The van der Waals surface area contributed by atoms with Gasteiger partial charge in [-0.05, 0) is 24.6 Å². The summed E-state index contributed by atoms with van der Waals surface area (Å²) in [5, 5.41) is 9.41. The third kappa shape index (κ3) is 2.61. The van der Waals surface area contributed by atoms with Crippen molar-refractivity contribution in [3.8, 4) is 0 Å². The number of hydrogen-bond acceptors (Lipinski definition) is 3. The molecule has 1 aromatic rings. The van der Waals surface area contributed by atoms with Crippen molar-refractivity contribution in [1.82, 2.24) is 4.31 Å². The summed E-state index contributed by atoms with van der Waals surface area (Å²) in [5.74, 6) is 0. The third-order valence-corrected chi connectivity index (χ3v) is 5.02. The molecule has 1 saturated heterocycles. The van der Waals surface area contributed by atoms with Crippen LogP contribution in [-0.4, -0.2) is 44.1 Å². The molecule has 1 aromatic carbocycles. The van der Waals surface area contributed by atoms with E-state index in [0.29, 0.717) is 23.8 Å². The van der Waals surface area contributed by atoms with Crippen molar-refractivity contribution in [2.45, 2.75) is 6.42 Å². The lowest BCUT2D eigenvalue weighted by Crippen LogP contribution is -2.50. The van der Waals surface area contributed by atoms with Gasteiger partial charge in [-0.2, -0.15) is 12.7 Å². The van der Waals surface area contributed by atoms with E-state index in [1.54, 1.807) is 24.3 Å². The van der Waals surface area contributed by atoms with Gasteiger partial charge in [0, 0.05) is 24.7 Å². The molecule has 0 aliphatic carbocycles. The van der Waals surface area contributed by atoms with Gasteiger partial charge in [0.25, 0.3) is 0 Å². The molecule has 18 heavy (non-hydrogen) atoms. The summed E-state index contributed by atoms with van der Waals surface area (Å²) < 4.78 is 27.2. The Labute approximate surface area is 112 Å². The lowest BCUT2D eigenvalue weighted by Gasteiger charge is -2.35. The smallest absolute Gasteiger partial charge is 0.304 e. The molecule has 0 spiro atoms. The highest BCUT2D eigenvalue weighted by Gasteiger charge is 2.33. The van der Waals surface area contributed by atoms with E-state index in [4.69, 9.17) is 16.7 Å². The average molecular weight is 291 g/mol. The highest BCUT2D eigenvalue weighted by molar-refractivity contribution is 7.90. The van der Waals surface area contributed by atoms with Crippen LogP contribution in [0.3, 0.4) is 0 Å². The second kappa shape index (κ2) is 5.44. The molecule has 7 heteroatoms. The summed E-state index contributed by atoms with van der Waals surface area (Å²) in [7, 11) is -3.55. The summed E-state index contributed by atoms with van der Waals surface area (Å²) in [6.07, 6.45) is 0.728. The van der Waals surface area contributed by atoms with Crippen LogP contribution in [0.1, 0.15) is 6.42 Å². The van der Waals surface area contributed by atoms with Crippen LogP contribution < -0.4 is 4.31 Å². The van der Waals surface area contributed by atoms with Crippen LogP contribution in [0.15, 0.2) is 24.3 Å². The molecule has 0 atom stereocenters. The highest BCUT2D eigenvalue weighted by atomic mass is 35.5. The van der Waals surface area contributed by atoms with Crippen molar-refractivity contribution in [2.24, 2.45) is 0 Å². The van der Waals surface area contributed by atoms with Gasteiger partial charge in [-0.1, -0.05) is 17.7 Å². The van der Waals surface area contributed by atoms with Crippen LogP contribution in [0.25, 0.3) is 0 Å². The van der Waals surface area contributed by atoms with E-state index in [1.807, 2.05) is 0 Å². The maximum Gasteiger partial charge on any atom is 0.304 e. The standard InChI is InChI=1S/C11H15ClN2O3S/c12-10-3-1-4-11(9-10)14-6-2-5-13(7-8-15)18(14,16)17/h1,3-4,9,15H,2,5-8H2. The topological polar surface area (TPSA) is 60.9 Å². The van der Waals surface area contributed by atoms with E-state index in [-0.39, 0.29) is 13.2 Å². The Kier molecular flexibility index (Phi) is 4.11. The van der Waals surface area contributed by atoms with Gasteiger partial charge in [0.05, 0.1) is 12.3 Å². The number of aliphatic hydroxyl groups is 1. The van der Waals surface area contributed by atoms with Gasteiger partial charge < -0.3 is 5.11 Å². The predicted molar refractivity (Wildman–Crippen MR) is 71.0 cm³/mol. The first-order chi connectivity index (χ1) is 8.55. The van der Waals surface area contributed by atoms with Gasteiger partial charge in [0.15, 0.2) is 0 Å². The number of aliphatic hydroxyl groups excluding tert-OH is 1. The quantitative estimate of drug-likeness (QED) is 0.906. The summed E-state index contributed by atoms with van der Waals surface area (Å²) >= 11 is 5.88. The molecule has 1 fully saturated rings. The molecule has 0 bridgehead atoms. The Morgan fingerprint density at radius 3 is 2.78 bits per heavy atom. The van der Waals surface area contributed by atoms with Gasteiger partial charge in [0.1, 0.15) is 0 Å². The highest BCUT2D eigenvalue weighted by Crippen LogP contribution is 2.26. The molecule has 0 aromatic heterocycles. The van der Waals surface area contributed by atoms with Crippen LogP contribution in [0.4, 0.5) is 5.69 Å². The van der Waals surface area contributed by atoms with Gasteiger partial charge in [-0.15, -0.1) is 0 Å². The van der Waals surface area contributed by atoms with E-state index >= 15 is 0 Å². The lowest BCUT2D eigenvalue weighted by atomic mass is 10.3. The minimum atomic E-state index is -3.55. The zero-order valence-electron chi connectivity index (χ0n) is 9.79. The molecule has 1 heterocycles. The molecule has 100 valence electrons. The molecule has 5 nitrogen and oxygen atoms in total. The normalized spacial score (nSPS) is 20.0. The van der Waals surface area contributed by atoms with E-state index in [9.17, 15) is 8.42 Å². The van der Waals surface area contributed by atoms with Gasteiger partial charge in [-0.3, -0.25) is 4.31 Å². The summed E-state index contributed by atoms with van der Waals surface area (Å²) in [4.78, 5) is 0. The molecule has 0 radical (unpaired) electrons. The third-order valence-electron chi connectivity index (χ3n) is 2.82. The molecule has 0 amide bonds. The van der Waals surface area contributed by atoms with Crippen LogP contribution in [0.5, 0.6) is 0 Å². The molecular formula is C11H15ClN2O3S. The SMILES string of the molecule is O=S1(=O)N(CCO)CCCN1c1cccc(Cl)c1. The Balaban J connectivity index is 2.33. The minimum Gasteiger partial charge on any atom is -0.395 e. The van der Waals surface area contributed by atoms with Crippen molar-refractivity contribution in [2.75, 3.05) is 30.5 Å². The van der Waals surface area contributed by atoms with Crippen LogP contribution in [0, 0.1) is 0 Å². The van der Waals surface area contributed by atoms with Crippen LogP contribution in [0.2, 0.25) is 5.02 Å². The van der Waals surface area contributed by atoms with Crippen LogP contribution in [-0.2, 0) is 10.2 Å². The van der Waals surface area contributed by atoms with Crippen molar-refractivity contribution in [1.29, 1.82) is 0 Å². The van der Waals surface area contributed by atoms with Crippen molar-refractivity contribution in [3.05, 3.63) is 29.3 Å². The van der Waals surface area contributed by atoms with E-state index < -0.39 is 10.2 Å². The number of β-amino-alcohol motifs (C(OH)–C–C–N with tert-alkyl or cyclic N) is 1. The molecule has 1 aliphatic heterocycles. The zero-order valence-corrected chi connectivity index (χ0v) is 11.4. The van der Waals surface area contributed by atoms with E-state index in [1.165, 1.54) is 8.61 Å². The lowest BCUT2D eigenvalue weighted by molar-refractivity contribution is 0.249. The number of hydrogen-bond donors (Lipinski definition) is 1. The molecular weight excluding hydrogens is 276 g/mol. The summed E-state index contributed by atoms with van der Waals surface area (Å²) in [5.41, 5.74) is 0.560. The first-order valence-electron chi connectivity index (χ1n) is 5.70. The predicted octanol–water partition coefficient (Wildman–Crippen LogP) is 1.09. The number of benzene rings is 1. The molecule has 1 aliphatic rings. The molecule has 1 N–H and O–H groups in total. The Bertz CT molecular complexity index is 519. The fourth-order valence-electron chi connectivity index (χ4n) is 1.99. The maximum atomic E-state index is 12.3. The summed E-state index contributed by atoms with van der Waals surface area (Å²) in [6.45, 7) is 0.826. The van der Waals surface area contributed by atoms with Crippen LogP contribution >= 0.6 is 11.6 Å².